The van der Waals surface area contributed by atoms with Gasteiger partial charge >= 0.3 is 0 Å². The van der Waals surface area contributed by atoms with Crippen molar-refractivity contribution in [3.05, 3.63) is 60.0 Å². The van der Waals surface area contributed by atoms with Gasteiger partial charge in [0.05, 0.1) is 10.6 Å². The average molecular weight is 415 g/mol. The van der Waals surface area contributed by atoms with Crippen LogP contribution in [0.1, 0.15) is 47.5 Å². The summed E-state index contributed by atoms with van der Waals surface area (Å²) in [6.07, 6.45) is 13.3. The third kappa shape index (κ3) is 15.2. The van der Waals surface area contributed by atoms with E-state index in [4.69, 9.17) is 11.6 Å². The van der Waals surface area contributed by atoms with E-state index in [2.05, 4.69) is 16.6 Å². The molecular formula is C21H35ClN2O2S. The summed E-state index contributed by atoms with van der Waals surface area (Å²) in [6, 6.07) is 0. The van der Waals surface area contributed by atoms with E-state index >= 15 is 0 Å². The predicted octanol–water partition coefficient (Wildman–Crippen LogP) is 4.94. The number of allylic oxidation sites excluding steroid dienone is 7. The number of hydrogen-bond acceptors (Lipinski definition) is 3. The minimum absolute atomic E-state index is 0.00715. The van der Waals surface area contributed by atoms with Gasteiger partial charge in [-0.3, -0.25) is 4.79 Å². The lowest BCUT2D eigenvalue weighted by molar-refractivity contribution is -0.104. The highest BCUT2D eigenvalue weighted by molar-refractivity contribution is 7.84. The van der Waals surface area contributed by atoms with Crippen LogP contribution in [0.4, 0.5) is 0 Å². The molecule has 0 heterocycles. The van der Waals surface area contributed by atoms with Crippen LogP contribution in [-0.4, -0.2) is 28.2 Å². The molecule has 0 aliphatic heterocycles. The van der Waals surface area contributed by atoms with Crippen molar-refractivity contribution in [1.82, 2.24) is 10.0 Å². The number of rotatable bonds is 7. The van der Waals surface area contributed by atoms with Gasteiger partial charge in [0.1, 0.15) is 17.3 Å². The van der Waals surface area contributed by atoms with Crippen molar-refractivity contribution in [1.29, 1.82) is 0 Å². The van der Waals surface area contributed by atoms with Gasteiger partial charge in [0.2, 0.25) is 0 Å². The maximum atomic E-state index is 12.2. The Morgan fingerprint density at radius 3 is 2.15 bits per heavy atom. The molecule has 0 amide bonds. The summed E-state index contributed by atoms with van der Waals surface area (Å²) in [5.41, 5.74) is 2.81. The Kier molecular flexibility index (Phi) is 18.2. The molecule has 1 rings (SSSR count). The Balaban J connectivity index is 0. The molecule has 0 fully saturated rings. The second kappa shape index (κ2) is 17.8. The number of halogens is 1. The lowest BCUT2D eigenvalue weighted by Gasteiger charge is -2.19. The van der Waals surface area contributed by atoms with Gasteiger partial charge in [0, 0.05) is 18.4 Å². The molecule has 0 saturated carbocycles. The largest absolute Gasteiger partial charge is 0.392 e. The van der Waals surface area contributed by atoms with Gasteiger partial charge in [-0.25, -0.2) is 4.21 Å². The lowest BCUT2D eigenvalue weighted by atomic mass is 10.1. The molecule has 6 heteroatoms. The molecule has 27 heavy (non-hydrogen) atoms. The van der Waals surface area contributed by atoms with Crippen LogP contribution in [0.25, 0.3) is 0 Å². The topological polar surface area (TPSA) is 58.2 Å². The third-order valence-corrected chi connectivity index (χ3v) is 5.03. The number of carbonyl (C=O) groups is 1. The van der Waals surface area contributed by atoms with Crippen LogP contribution in [0.2, 0.25) is 0 Å². The Bertz CT molecular complexity index is 577. The highest BCUT2D eigenvalue weighted by Crippen LogP contribution is 2.19. The van der Waals surface area contributed by atoms with E-state index < -0.39 is 11.0 Å². The van der Waals surface area contributed by atoms with Crippen LogP contribution in [-0.2, 0) is 15.8 Å². The van der Waals surface area contributed by atoms with E-state index in [1.165, 1.54) is 6.08 Å². The van der Waals surface area contributed by atoms with Gasteiger partial charge in [0.15, 0.2) is 0 Å². The Morgan fingerprint density at radius 2 is 1.78 bits per heavy atom. The SMILES string of the molecule is C=C/C(=C\C=C(/C)NC)NS(=O)C1C=CC(Cl)CC1.CC.CC(C)=CC=O. The van der Waals surface area contributed by atoms with Crippen molar-refractivity contribution in [2.75, 3.05) is 7.05 Å². The van der Waals surface area contributed by atoms with Gasteiger partial charge < -0.3 is 10.0 Å². The minimum atomic E-state index is -1.15. The summed E-state index contributed by atoms with van der Waals surface area (Å²) in [5, 5.41) is 3.10. The molecular weight excluding hydrogens is 380 g/mol. The molecule has 0 spiro atoms. The predicted molar refractivity (Wildman–Crippen MR) is 121 cm³/mol. The van der Waals surface area contributed by atoms with Gasteiger partial charge in [-0.1, -0.05) is 38.2 Å². The zero-order valence-electron chi connectivity index (χ0n) is 17.4. The summed E-state index contributed by atoms with van der Waals surface area (Å²) < 4.78 is 15.1. The molecule has 4 nitrogen and oxygen atoms in total. The number of carbonyl (C=O) groups excluding carboxylic acids is 1. The Hall–Kier alpha value is -1.59. The standard InChI is InChI=1S/C14H21ClN2OS.C5H8O.C2H6/c1-4-13(8-5-11(2)16-3)17-19(18)14-9-6-12(15)7-10-14;1-5(2)3-4-6;1-2/h4-6,8-9,12,14,16-17H,1,7,10H2,2-3H3;3-4H,1-2H3;1-2H3/b11-5+,13-8+;;. The monoisotopic (exact) mass is 414 g/mol. The molecule has 0 bridgehead atoms. The van der Waals surface area contributed by atoms with Crippen LogP contribution >= 0.6 is 11.6 Å². The minimum Gasteiger partial charge on any atom is -0.392 e. The summed E-state index contributed by atoms with van der Waals surface area (Å²) in [4.78, 5) is 9.54. The maximum absolute atomic E-state index is 12.2. The maximum Gasteiger partial charge on any atom is 0.142 e. The molecule has 1 aliphatic carbocycles. The molecule has 2 N–H and O–H groups in total. The highest BCUT2D eigenvalue weighted by atomic mass is 35.5. The molecule has 154 valence electrons. The normalized spacial score (nSPS) is 20.0. The van der Waals surface area contributed by atoms with E-state index in [1.54, 1.807) is 6.08 Å². The van der Waals surface area contributed by atoms with E-state index in [0.29, 0.717) is 0 Å². The van der Waals surface area contributed by atoms with Gasteiger partial charge in [-0.15, -0.1) is 11.6 Å². The van der Waals surface area contributed by atoms with E-state index in [0.717, 1.165) is 36.1 Å². The number of hydrogen-bond donors (Lipinski definition) is 2. The first kappa shape index (κ1) is 27.6. The van der Waals surface area contributed by atoms with Crippen molar-refractivity contribution in [3.63, 3.8) is 0 Å². The highest BCUT2D eigenvalue weighted by Gasteiger charge is 2.19. The number of nitrogens with one attached hydrogen (secondary N) is 2. The van der Waals surface area contributed by atoms with Crippen LogP contribution in [0.15, 0.2) is 60.0 Å². The first-order chi connectivity index (χ1) is 12.8. The van der Waals surface area contributed by atoms with Crippen LogP contribution in [0.5, 0.6) is 0 Å². The number of aldehydes is 1. The van der Waals surface area contributed by atoms with Gasteiger partial charge in [-0.2, -0.15) is 0 Å². The van der Waals surface area contributed by atoms with Crippen LogP contribution in [0, 0.1) is 0 Å². The zero-order valence-corrected chi connectivity index (χ0v) is 19.0. The molecule has 3 unspecified atom stereocenters. The van der Waals surface area contributed by atoms with Crippen LogP contribution < -0.4 is 10.0 Å². The average Bonchev–Trinajstić information content (AvgIpc) is 2.67. The zero-order chi connectivity index (χ0) is 21.2. The fourth-order valence-electron chi connectivity index (χ4n) is 1.71. The summed E-state index contributed by atoms with van der Waals surface area (Å²) >= 11 is 5.97. The summed E-state index contributed by atoms with van der Waals surface area (Å²) in [7, 11) is 0.703. The first-order valence-electron chi connectivity index (χ1n) is 9.11. The van der Waals surface area contributed by atoms with Crippen molar-refractivity contribution in [3.8, 4) is 0 Å². The molecule has 0 radical (unpaired) electrons. The quantitative estimate of drug-likeness (QED) is 0.204. The van der Waals surface area contributed by atoms with Crippen molar-refractivity contribution in [2.45, 2.75) is 58.1 Å². The van der Waals surface area contributed by atoms with Crippen molar-refractivity contribution >= 4 is 28.9 Å². The van der Waals surface area contributed by atoms with Crippen molar-refractivity contribution in [2.24, 2.45) is 0 Å². The van der Waals surface area contributed by atoms with Crippen molar-refractivity contribution < 1.29 is 9.00 Å². The van der Waals surface area contributed by atoms with E-state index in [9.17, 15) is 9.00 Å². The fourth-order valence-corrected chi connectivity index (χ4v) is 3.04. The first-order valence-corrected chi connectivity index (χ1v) is 10.8. The summed E-state index contributed by atoms with van der Waals surface area (Å²) in [5.74, 6) is 0. The molecule has 1 aliphatic rings. The summed E-state index contributed by atoms with van der Waals surface area (Å²) in [6.45, 7) is 13.4. The van der Waals surface area contributed by atoms with Gasteiger partial charge in [0.25, 0.3) is 0 Å². The van der Waals surface area contributed by atoms with E-state index in [-0.39, 0.29) is 10.6 Å². The second-order valence-corrected chi connectivity index (χ2v) is 7.69. The second-order valence-electron chi connectivity index (χ2n) is 5.72. The number of alkyl halides is 1. The van der Waals surface area contributed by atoms with Gasteiger partial charge in [-0.05, 0) is 57.9 Å². The van der Waals surface area contributed by atoms with E-state index in [1.807, 2.05) is 66.0 Å². The molecule has 0 aromatic rings. The smallest absolute Gasteiger partial charge is 0.142 e. The fraction of sp³-hybridized carbons (Fsp3) is 0.476. The van der Waals surface area contributed by atoms with Crippen LogP contribution in [0.3, 0.4) is 0 Å². The molecule has 0 aromatic heterocycles. The molecule has 0 aromatic carbocycles. The molecule has 0 saturated heterocycles. The Morgan fingerprint density at radius 1 is 1.15 bits per heavy atom. The molecule has 3 atom stereocenters. The lowest BCUT2D eigenvalue weighted by Crippen LogP contribution is -2.28. The third-order valence-electron chi connectivity index (χ3n) is 3.28. The Labute approximate surface area is 173 Å².